The number of nitrogens with one attached hydrogen (secondary N) is 1. The van der Waals surface area contributed by atoms with Crippen LogP contribution in [0, 0.1) is 0 Å². The third-order valence-electron chi connectivity index (χ3n) is 4.42. The lowest BCUT2D eigenvalue weighted by molar-refractivity contribution is -0.127. The minimum absolute atomic E-state index is 0.124. The van der Waals surface area contributed by atoms with Gasteiger partial charge in [0.2, 0.25) is 0 Å². The first kappa shape index (κ1) is 20.8. The van der Waals surface area contributed by atoms with Gasteiger partial charge in [0.15, 0.2) is 6.10 Å². The van der Waals surface area contributed by atoms with Crippen molar-refractivity contribution in [1.82, 2.24) is 5.32 Å². The lowest BCUT2D eigenvalue weighted by Gasteiger charge is -2.19. The zero-order valence-electron chi connectivity index (χ0n) is 17.0. The van der Waals surface area contributed by atoms with Crippen molar-refractivity contribution in [1.29, 1.82) is 0 Å². The van der Waals surface area contributed by atoms with Gasteiger partial charge in [-0.2, -0.15) is 0 Å². The first-order chi connectivity index (χ1) is 12.8. The Morgan fingerprint density at radius 3 is 2.37 bits per heavy atom. The van der Waals surface area contributed by atoms with Crippen LogP contribution in [0.3, 0.4) is 0 Å². The van der Waals surface area contributed by atoms with Gasteiger partial charge < -0.3 is 14.8 Å². The van der Waals surface area contributed by atoms with Gasteiger partial charge >= 0.3 is 0 Å². The molecule has 27 heavy (non-hydrogen) atoms. The van der Waals surface area contributed by atoms with E-state index in [1.807, 2.05) is 36.4 Å². The van der Waals surface area contributed by atoms with Crippen molar-refractivity contribution in [2.24, 2.45) is 0 Å². The zero-order valence-corrected chi connectivity index (χ0v) is 17.0. The molecule has 0 aromatic heterocycles. The second-order valence-electron chi connectivity index (χ2n) is 7.64. The fourth-order valence-corrected chi connectivity index (χ4v) is 2.69. The predicted octanol–water partition coefficient (Wildman–Crippen LogP) is 4.51. The molecule has 0 aliphatic heterocycles. The highest BCUT2D eigenvalue weighted by molar-refractivity contribution is 5.80. The summed E-state index contributed by atoms with van der Waals surface area (Å²) in [6.07, 6.45) is 0.315. The molecule has 1 amide bonds. The Kier molecular flexibility index (Phi) is 7.28. The molecule has 0 bridgehead atoms. The largest absolute Gasteiger partial charge is 0.492 e. The van der Waals surface area contributed by atoms with E-state index in [1.54, 1.807) is 6.92 Å². The lowest BCUT2D eigenvalue weighted by Crippen LogP contribution is -2.38. The molecule has 1 atom stereocenters. The fraction of sp³-hybridized carbons (Fsp3) is 0.435. The number of hydrogen-bond acceptors (Lipinski definition) is 3. The maximum atomic E-state index is 12.2. The van der Waals surface area contributed by atoms with Crippen LogP contribution < -0.4 is 14.8 Å². The van der Waals surface area contributed by atoms with Crippen molar-refractivity contribution in [3.63, 3.8) is 0 Å². The molecule has 0 spiro atoms. The molecule has 0 saturated heterocycles. The summed E-state index contributed by atoms with van der Waals surface area (Å²) in [7, 11) is 0. The summed E-state index contributed by atoms with van der Waals surface area (Å²) in [6, 6.07) is 15.9. The molecule has 0 aliphatic rings. The Morgan fingerprint density at radius 1 is 1.07 bits per heavy atom. The maximum absolute atomic E-state index is 12.2. The second kappa shape index (κ2) is 9.45. The van der Waals surface area contributed by atoms with Crippen LogP contribution >= 0.6 is 0 Å². The quantitative estimate of drug-likeness (QED) is 0.697. The summed E-state index contributed by atoms with van der Waals surface area (Å²) >= 11 is 0. The number of para-hydroxylation sites is 1. The third-order valence-corrected chi connectivity index (χ3v) is 4.42. The molecule has 0 unspecified atom stereocenters. The molecule has 0 radical (unpaired) electrons. The second-order valence-corrected chi connectivity index (χ2v) is 7.64. The van der Waals surface area contributed by atoms with Gasteiger partial charge in [0, 0.05) is 0 Å². The molecule has 146 valence electrons. The van der Waals surface area contributed by atoms with E-state index in [2.05, 4.69) is 45.1 Å². The van der Waals surface area contributed by atoms with E-state index in [1.165, 1.54) is 5.56 Å². The molecule has 2 aromatic rings. The van der Waals surface area contributed by atoms with Gasteiger partial charge in [-0.05, 0) is 48.1 Å². The number of ether oxygens (including phenoxy) is 2. The minimum Gasteiger partial charge on any atom is -0.492 e. The normalized spacial score (nSPS) is 12.3. The van der Waals surface area contributed by atoms with Crippen molar-refractivity contribution in [2.45, 2.75) is 52.6 Å². The summed E-state index contributed by atoms with van der Waals surface area (Å²) < 4.78 is 11.5. The minimum atomic E-state index is -0.552. The van der Waals surface area contributed by atoms with Crippen LogP contribution in [0.2, 0.25) is 0 Å². The summed E-state index contributed by atoms with van der Waals surface area (Å²) in [5, 5.41) is 2.86. The zero-order chi connectivity index (χ0) is 19.9. The highest BCUT2D eigenvalue weighted by Gasteiger charge is 2.16. The molecule has 2 aromatic carbocycles. The van der Waals surface area contributed by atoms with Crippen LogP contribution in [-0.4, -0.2) is 25.2 Å². The molecule has 1 N–H and O–H groups in total. The molecule has 2 rings (SSSR count). The fourth-order valence-electron chi connectivity index (χ4n) is 2.69. The van der Waals surface area contributed by atoms with Gasteiger partial charge in [0.25, 0.3) is 5.91 Å². The topological polar surface area (TPSA) is 47.6 Å². The van der Waals surface area contributed by atoms with Crippen LogP contribution in [0.5, 0.6) is 11.5 Å². The lowest BCUT2D eigenvalue weighted by atomic mass is 9.87. The smallest absolute Gasteiger partial charge is 0.260 e. The monoisotopic (exact) mass is 369 g/mol. The molecule has 0 saturated carbocycles. The van der Waals surface area contributed by atoms with Gasteiger partial charge in [-0.1, -0.05) is 58.0 Å². The average Bonchev–Trinajstić information content (AvgIpc) is 2.65. The van der Waals surface area contributed by atoms with Crippen LogP contribution in [-0.2, 0) is 16.6 Å². The van der Waals surface area contributed by atoms with E-state index >= 15 is 0 Å². The molecule has 4 heteroatoms. The van der Waals surface area contributed by atoms with Crippen LogP contribution in [0.1, 0.15) is 45.7 Å². The van der Waals surface area contributed by atoms with Crippen molar-refractivity contribution in [3.8, 4) is 11.5 Å². The number of rotatable bonds is 8. The third kappa shape index (κ3) is 6.31. The van der Waals surface area contributed by atoms with E-state index in [4.69, 9.17) is 9.47 Å². The maximum Gasteiger partial charge on any atom is 0.260 e. The molecule has 4 nitrogen and oxygen atoms in total. The highest BCUT2D eigenvalue weighted by atomic mass is 16.5. The Bertz CT molecular complexity index is 732. The summed E-state index contributed by atoms with van der Waals surface area (Å²) in [4.78, 5) is 12.2. The van der Waals surface area contributed by atoms with E-state index in [0.717, 1.165) is 23.5 Å². The van der Waals surface area contributed by atoms with E-state index in [9.17, 15) is 4.79 Å². The summed E-state index contributed by atoms with van der Waals surface area (Å²) in [5.41, 5.74) is 2.49. The van der Waals surface area contributed by atoms with E-state index < -0.39 is 6.10 Å². The molecular formula is C23H31NO3. The van der Waals surface area contributed by atoms with Gasteiger partial charge in [-0.15, -0.1) is 0 Å². The van der Waals surface area contributed by atoms with Crippen LogP contribution in [0.15, 0.2) is 48.5 Å². The van der Waals surface area contributed by atoms with Gasteiger partial charge in [0.1, 0.15) is 18.1 Å². The van der Waals surface area contributed by atoms with Gasteiger partial charge in [0.05, 0.1) is 6.54 Å². The van der Waals surface area contributed by atoms with Crippen molar-refractivity contribution in [3.05, 3.63) is 59.7 Å². The van der Waals surface area contributed by atoms with Gasteiger partial charge in [-0.3, -0.25) is 4.79 Å². The first-order valence-corrected chi connectivity index (χ1v) is 9.57. The number of hydrogen-bond donors (Lipinski definition) is 1. The SMILES string of the molecule is CCc1ccccc1O[C@H](C)C(=O)NCCOc1ccc(C(C)(C)C)cc1. The Morgan fingerprint density at radius 2 is 1.74 bits per heavy atom. The molecule has 0 fully saturated rings. The summed E-state index contributed by atoms with van der Waals surface area (Å²) in [6.45, 7) is 11.2. The van der Waals surface area contributed by atoms with Crippen LogP contribution in [0.25, 0.3) is 0 Å². The standard InChI is InChI=1S/C23H31NO3/c1-6-18-9-7-8-10-21(18)27-17(2)22(25)24-15-16-26-20-13-11-19(12-14-20)23(3,4)5/h7-14,17H,6,15-16H2,1-5H3,(H,24,25)/t17-/m1/s1. The molecule has 0 aliphatic carbocycles. The number of carbonyl (C=O) groups excluding carboxylic acids is 1. The van der Waals surface area contributed by atoms with Crippen LogP contribution in [0.4, 0.5) is 0 Å². The van der Waals surface area contributed by atoms with E-state index in [-0.39, 0.29) is 11.3 Å². The van der Waals surface area contributed by atoms with Crippen molar-refractivity contribution >= 4 is 5.91 Å². The van der Waals surface area contributed by atoms with E-state index in [0.29, 0.717) is 13.2 Å². The predicted molar refractivity (Wildman–Crippen MR) is 110 cm³/mol. The number of aryl methyl sites for hydroxylation is 1. The number of carbonyl (C=O) groups is 1. The summed E-state index contributed by atoms with van der Waals surface area (Å²) in [5.74, 6) is 1.42. The number of benzene rings is 2. The Hall–Kier alpha value is -2.49. The average molecular weight is 370 g/mol. The highest BCUT2D eigenvalue weighted by Crippen LogP contribution is 2.24. The number of amides is 1. The Balaban J connectivity index is 1.75. The van der Waals surface area contributed by atoms with Crippen molar-refractivity contribution in [2.75, 3.05) is 13.2 Å². The first-order valence-electron chi connectivity index (χ1n) is 9.57. The van der Waals surface area contributed by atoms with Crippen molar-refractivity contribution < 1.29 is 14.3 Å². The molecule has 0 heterocycles. The Labute approximate surface area is 162 Å². The van der Waals surface area contributed by atoms with Gasteiger partial charge in [-0.25, -0.2) is 0 Å². The molecular weight excluding hydrogens is 338 g/mol.